The molecule has 27 heavy (non-hydrogen) atoms. The summed E-state index contributed by atoms with van der Waals surface area (Å²) in [6, 6.07) is 11.2. The third-order valence-electron chi connectivity index (χ3n) is 4.68. The molecule has 0 spiro atoms. The van der Waals surface area contributed by atoms with Gasteiger partial charge in [-0.1, -0.05) is 17.7 Å². The van der Waals surface area contributed by atoms with E-state index in [1.807, 2.05) is 18.2 Å². The number of imidazole rings is 1. The van der Waals surface area contributed by atoms with Gasteiger partial charge in [0.05, 0.1) is 5.56 Å². The molecule has 7 nitrogen and oxygen atoms in total. The Morgan fingerprint density at radius 1 is 1.15 bits per heavy atom. The van der Waals surface area contributed by atoms with Crippen molar-refractivity contribution in [3.8, 4) is 6.07 Å². The highest BCUT2D eigenvalue weighted by Gasteiger charge is 2.26. The number of amides is 1. The van der Waals surface area contributed by atoms with Crippen molar-refractivity contribution in [2.24, 2.45) is 0 Å². The van der Waals surface area contributed by atoms with Crippen molar-refractivity contribution in [2.75, 3.05) is 31.1 Å². The van der Waals surface area contributed by atoms with Crippen LogP contribution in [0.5, 0.6) is 0 Å². The monoisotopic (exact) mass is 380 g/mol. The number of fused-ring (bicyclic) bond motifs is 1. The first-order chi connectivity index (χ1) is 13.2. The van der Waals surface area contributed by atoms with Crippen LogP contribution in [0, 0.1) is 11.3 Å². The molecule has 136 valence electrons. The van der Waals surface area contributed by atoms with E-state index >= 15 is 0 Å². The largest absolute Gasteiger partial charge is 0.354 e. The van der Waals surface area contributed by atoms with Crippen molar-refractivity contribution >= 4 is 29.0 Å². The van der Waals surface area contributed by atoms with E-state index in [1.54, 1.807) is 33.8 Å². The molecule has 0 radical (unpaired) electrons. The zero-order valence-electron chi connectivity index (χ0n) is 14.5. The van der Waals surface area contributed by atoms with Gasteiger partial charge in [-0.3, -0.25) is 9.20 Å². The van der Waals surface area contributed by atoms with Gasteiger partial charge in [-0.25, -0.2) is 9.97 Å². The minimum Gasteiger partial charge on any atom is -0.354 e. The summed E-state index contributed by atoms with van der Waals surface area (Å²) in [5, 5.41) is 9.52. The fourth-order valence-electron chi connectivity index (χ4n) is 3.38. The number of pyridine rings is 2. The number of carbonyl (C=O) groups is 1. The molecule has 3 aromatic heterocycles. The zero-order chi connectivity index (χ0) is 18.8. The molecule has 0 saturated carbocycles. The van der Waals surface area contributed by atoms with E-state index < -0.39 is 0 Å². The van der Waals surface area contributed by atoms with E-state index in [1.165, 1.54) is 0 Å². The lowest BCUT2D eigenvalue weighted by Gasteiger charge is -2.23. The molecule has 8 heteroatoms. The minimum absolute atomic E-state index is 0.137. The van der Waals surface area contributed by atoms with Crippen LogP contribution in [0.3, 0.4) is 0 Å². The molecule has 1 aliphatic heterocycles. The Bertz CT molecular complexity index is 1040. The molecule has 0 aliphatic carbocycles. The van der Waals surface area contributed by atoms with Gasteiger partial charge in [0.25, 0.3) is 5.91 Å². The van der Waals surface area contributed by atoms with Gasteiger partial charge in [0.2, 0.25) is 0 Å². The van der Waals surface area contributed by atoms with Crippen molar-refractivity contribution in [2.45, 2.75) is 6.42 Å². The van der Waals surface area contributed by atoms with Gasteiger partial charge in [0, 0.05) is 38.6 Å². The van der Waals surface area contributed by atoms with Crippen molar-refractivity contribution in [1.82, 2.24) is 19.3 Å². The van der Waals surface area contributed by atoms with Crippen LogP contribution in [-0.4, -0.2) is 51.4 Å². The van der Waals surface area contributed by atoms with Crippen LogP contribution in [0.1, 0.15) is 22.5 Å². The molecule has 0 N–H and O–H groups in total. The van der Waals surface area contributed by atoms with E-state index in [0.29, 0.717) is 42.4 Å². The number of nitriles is 1. The summed E-state index contributed by atoms with van der Waals surface area (Å²) in [5.74, 6) is 0.532. The molecule has 0 atom stereocenters. The second-order valence-electron chi connectivity index (χ2n) is 6.30. The predicted octanol–water partition coefficient (Wildman–Crippen LogP) is 2.61. The molecule has 0 unspecified atom stereocenters. The van der Waals surface area contributed by atoms with Crippen molar-refractivity contribution < 1.29 is 4.79 Å². The Labute approximate surface area is 161 Å². The van der Waals surface area contributed by atoms with Gasteiger partial charge in [-0.15, -0.1) is 0 Å². The lowest BCUT2D eigenvalue weighted by atomic mass is 10.2. The summed E-state index contributed by atoms with van der Waals surface area (Å²) in [4.78, 5) is 25.6. The molecule has 1 aliphatic rings. The van der Waals surface area contributed by atoms with Crippen LogP contribution in [0.4, 0.5) is 5.82 Å². The molecule has 0 aromatic carbocycles. The van der Waals surface area contributed by atoms with Gasteiger partial charge in [-0.2, -0.15) is 5.26 Å². The third kappa shape index (κ3) is 3.20. The van der Waals surface area contributed by atoms with Gasteiger partial charge in [0.1, 0.15) is 17.5 Å². The Morgan fingerprint density at radius 3 is 2.89 bits per heavy atom. The molecule has 4 rings (SSSR count). The Balaban J connectivity index is 1.57. The topological polar surface area (TPSA) is 77.5 Å². The molecule has 1 amide bonds. The van der Waals surface area contributed by atoms with Crippen LogP contribution < -0.4 is 4.90 Å². The number of halogens is 1. The average molecular weight is 381 g/mol. The number of rotatable bonds is 2. The highest BCUT2D eigenvalue weighted by Crippen LogP contribution is 2.22. The Kier molecular flexibility index (Phi) is 4.65. The second kappa shape index (κ2) is 7.25. The molecular weight excluding hydrogens is 364 g/mol. The van der Waals surface area contributed by atoms with E-state index in [0.717, 1.165) is 13.0 Å². The molecule has 1 saturated heterocycles. The number of carbonyl (C=O) groups excluding carboxylic acids is 1. The van der Waals surface area contributed by atoms with E-state index in [9.17, 15) is 10.1 Å². The number of aromatic nitrogens is 3. The molecule has 4 heterocycles. The highest BCUT2D eigenvalue weighted by atomic mass is 35.5. The average Bonchev–Trinajstić information content (AvgIpc) is 2.87. The van der Waals surface area contributed by atoms with Crippen LogP contribution in [0.25, 0.3) is 5.65 Å². The number of hydrogen-bond donors (Lipinski definition) is 0. The summed E-state index contributed by atoms with van der Waals surface area (Å²) in [6.45, 7) is 2.47. The van der Waals surface area contributed by atoms with Crippen LogP contribution in [0.2, 0.25) is 5.15 Å². The summed E-state index contributed by atoms with van der Waals surface area (Å²) in [7, 11) is 0. The number of hydrogen-bond acceptors (Lipinski definition) is 5. The Morgan fingerprint density at radius 2 is 2.04 bits per heavy atom. The third-order valence-corrected chi connectivity index (χ3v) is 4.94. The van der Waals surface area contributed by atoms with Gasteiger partial charge >= 0.3 is 0 Å². The van der Waals surface area contributed by atoms with E-state index in [2.05, 4.69) is 20.9 Å². The van der Waals surface area contributed by atoms with Crippen molar-refractivity contribution in [3.63, 3.8) is 0 Å². The summed E-state index contributed by atoms with van der Waals surface area (Å²) in [6.07, 6.45) is 4.25. The predicted molar refractivity (Wildman–Crippen MR) is 102 cm³/mol. The SMILES string of the molecule is N#Cc1cccnc1N1CCCN(C(=O)c2c(Cl)nc3ccccn23)CC1. The maximum Gasteiger partial charge on any atom is 0.274 e. The van der Waals surface area contributed by atoms with Gasteiger partial charge in [-0.05, 0) is 30.7 Å². The zero-order valence-corrected chi connectivity index (χ0v) is 15.3. The van der Waals surface area contributed by atoms with Gasteiger partial charge in [0.15, 0.2) is 10.8 Å². The maximum atomic E-state index is 13.1. The van der Waals surface area contributed by atoms with E-state index in [-0.39, 0.29) is 11.1 Å². The quantitative estimate of drug-likeness (QED) is 0.683. The molecule has 0 bridgehead atoms. The first-order valence-corrected chi connectivity index (χ1v) is 9.09. The first-order valence-electron chi connectivity index (χ1n) is 8.71. The molecule has 1 fully saturated rings. The maximum absolute atomic E-state index is 13.1. The lowest BCUT2D eigenvalue weighted by molar-refractivity contribution is 0.0760. The summed E-state index contributed by atoms with van der Waals surface area (Å²) >= 11 is 6.25. The standard InChI is InChI=1S/C19H17ClN6O/c20-17-16(26-10-2-1-6-15(26)23-17)19(27)25-9-4-8-24(11-12-25)18-14(13-21)5-3-7-22-18/h1-3,5-7,10H,4,8-9,11-12H2. The second-order valence-corrected chi connectivity index (χ2v) is 6.66. The van der Waals surface area contributed by atoms with Crippen LogP contribution >= 0.6 is 11.6 Å². The number of nitrogens with zero attached hydrogens (tertiary/aromatic N) is 6. The molecular formula is C19H17ClN6O. The van der Waals surface area contributed by atoms with E-state index in [4.69, 9.17) is 11.6 Å². The summed E-state index contributed by atoms with van der Waals surface area (Å²) < 4.78 is 1.72. The van der Waals surface area contributed by atoms with Crippen molar-refractivity contribution in [1.29, 1.82) is 5.26 Å². The first kappa shape index (κ1) is 17.3. The van der Waals surface area contributed by atoms with Crippen LogP contribution in [-0.2, 0) is 0 Å². The summed E-state index contributed by atoms with van der Waals surface area (Å²) in [5.41, 5.74) is 1.58. The van der Waals surface area contributed by atoms with Crippen LogP contribution in [0.15, 0.2) is 42.7 Å². The fourth-order valence-corrected chi connectivity index (χ4v) is 3.64. The van der Waals surface area contributed by atoms with Gasteiger partial charge < -0.3 is 9.80 Å². The van der Waals surface area contributed by atoms with Crippen molar-refractivity contribution in [3.05, 3.63) is 59.1 Å². The smallest absolute Gasteiger partial charge is 0.274 e. The normalized spacial score (nSPS) is 14.8. The number of anilines is 1. The fraction of sp³-hybridized carbons (Fsp3) is 0.263. The Hall–Kier alpha value is -3.11. The lowest BCUT2D eigenvalue weighted by Crippen LogP contribution is -2.36. The minimum atomic E-state index is -0.137. The highest BCUT2D eigenvalue weighted by molar-refractivity contribution is 6.32. The molecule has 3 aromatic rings.